The number of carboxylic acids is 1. The van der Waals surface area contributed by atoms with Crippen molar-refractivity contribution in [3.05, 3.63) is 77.9 Å². The molecule has 0 radical (unpaired) electrons. The summed E-state index contributed by atoms with van der Waals surface area (Å²) in [7, 11) is 1.53. The SMILES string of the molecule is C=CCN(C(=O)C1N(c2c(Cl)cccc2CO)C(=O)C2C(C(=O)O)C3C=CC21O3)c1ccc(OC)cc1. The molecule has 1 spiro atoms. The van der Waals surface area contributed by atoms with Gasteiger partial charge >= 0.3 is 5.97 Å². The van der Waals surface area contributed by atoms with E-state index < -0.39 is 54.0 Å². The quantitative estimate of drug-likeness (QED) is 0.510. The molecule has 3 aliphatic heterocycles. The van der Waals surface area contributed by atoms with Gasteiger partial charge in [-0.15, -0.1) is 6.58 Å². The number of anilines is 2. The number of carboxylic acid groups (broad SMARTS) is 1. The first-order chi connectivity index (χ1) is 17.8. The predicted molar refractivity (Wildman–Crippen MR) is 136 cm³/mol. The van der Waals surface area contributed by atoms with Gasteiger partial charge < -0.3 is 24.6 Å². The van der Waals surface area contributed by atoms with E-state index in [4.69, 9.17) is 21.1 Å². The average molecular weight is 525 g/mol. The standard InChI is InChI=1S/C27H25ClN2O7/c1-3-13-29(16-7-9-17(36-2)10-8-16)25(33)23-27-12-11-19(37-27)20(26(34)35)21(27)24(32)30(23)22-15(14-31)5-4-6-18(22)28/h3-12,19-21,23,31H,1,13-14H2,2H3,(H,34,35). The molecule has 3 heterocycles. The number of nitrogens with zero attached hydrogens (tertiary/aromatic N) is 2. The third kappa shape index (κ3) is 3.65. The van der Waals surface area contributed by atoms with Crippen LogP contribution in [0, 0.1) is 11.8 Å². The van der Waals surface area contributed by atoms with Crippen molar-refractivity contribution in [1.82, 2.24) is 0 Å². The molecule has 0 aromatic heterocycles. The van der Waals surface area contributed by atoms with Gasteiger partial charge in [0.15, 0.2) is 0 Å². The number of aliphatic carboxylic acids is 1. The van der Waals surface area contributed by atoms with Crippen LogP contribution in [0.15, 0.2) is 67.3 Å². The largest absolute Gasteiger partial charge is 0.497 e. The topological polar surface area (TPSA) is 117 Å². The number of aliphatic hydroxyl groups excluding tert-OH is 1. The Morgan fingerprint density at radius 3 is 2.62 bits per heavy atom. The van der Waals surface area contributed by atoms with Gasteiger partial charge in [-0.25, -0.2) is 0 Å². The molecule has 5 unspecified atom stereocenters. The van der Waals surface area contributed by atoms with Crippen LogP contribution in [0.1, 0.15) is 5.56 Å². The lowest BCUT2D eigenvalue weighted by Gasteiger charge is -2.36. The molecule has 3 aliphatic rings. The zero-order valence-electron chi connectivity index (χ0n) is 19.9. The monoisotopic (exact) mass is 524 g/mol. The van der Waals surface area contributed by atoms with Crippen LogP contribution in [0.4, 0.5) is 11.4 Å². The number of fused-ring (bicyclic) bond motifs is 1. The number of ether oxygens (including phenoxy) is 2. The summed E-state index contributed by atoms with van der Waals surface area (Å²) >= 11 is 6.53. The van der Waals surface area contributed by atoms with Gasteiger partial charge in [0.05, 0.1) is 36.4 Å². The Morgan fingerprint density at radius 1 is 1.27 bits per heavy atom. The van der Waals surface area contributed by atoms with E-state index in [2.05, 4.69) is 6.58 Å². The Morgan fingerprint density at radius 2 is 2.00 bits per heavy atom. The number of para-hydroxylation sites is 1. The molecule has 2 N–H and O–H groups in total. The van der Waals surface area contributed by atoms with E-state index in [0.29, 0.717) is 17.0 Å². The normalized spacial score (nSPS) is 27.3. The number of carbonyl (C=O) groups excluding carboxylic acids is 2. The molecule has 192 valence electrons. The molecule has 2 amide bonds. The van der Waals surface area contributed by atoms with Gasteiger partial charge in [-0.2, -0.15) is 0 Å². The Labute approximate surface area is 218 Å². The lowest BCUT2D eigenvalue weighted by atomic mass is 9.74. The second kappa shape index (κ2) is 9.33. The second-order valence-electron chi connectivity index (χ2n) is 9.09. The summed E-state index contributed by atoms with van der Waals surface area (Å²) in [5.74, 6) is -4.04. The summed E-state index contributed by atoms with van der Waals surface area (Å²) in [6.45, 7) is 3.43. The molecule has 2 bridgehead atoms. The molecule has 2 aromatic carbocycles. The van der Waals surface area contributed by atoms with E-state index in [1.165, 1.54) is 16.9 Å². The summed E-state index contributed by atoms with van der Waals surface area (Å²) in [6.07, 6.45) is 3.92. The van der Waals surface area contributed by atoms with E-state index in [1.54, 1.807) is 60.7 Å². The number of amides is 2. The third-order valence-corrected chi connectivity index (χ3v) is 7.54. The smallest absolute Gasteiger partial charge is 0.310 e. The van der Waals surface area contributed by atoms with Crippen LogP contribution in [0.2, 0.25) is 5.02 Å². The number of aliphatic hydroxyl groups is 1. The van der Waals surface area contributed by atoms with Crippen molar-refractivity contribution in [2.24, 2.45) is 11.8 Å². The van der Waals surface area contributed by atoms with Crippen molar-refractivity contribution < 1.29 is 34.1 Å². The van der Waals surface area contributed by atoms with Crippen LogP contribution in [0.5, 0.6) is 5.75 Å². The summed E-state index contributed by atoms with van der Waals surface area (Å²) in [5, 5.41) is 20.2. The van der Waals surface area contributed by atoms with E-state index in [1.807, 2.05) is 0 Å². The lowest BCUT2D eigenvalue weighted by Crippen LogP contribution is -2.56. The van der Waals surface area contributed by atoms with Gasteiger partial charge in [-0.1, -0.05) is 42.0 Å². The van der Waals surface area contributed by atoms with Crippen molar-refractivity contribution in [1.29, 1.82) is 0 Å². The highest BCUT2D eigenvalue weighted by molar-refractivity contribution is 6.34. The molecule has 9 nitrogen and oxygen atoms in total. The zero-order chi connectivity index (χ0) is 26.5. The zero-order valence-corrected chi connectivity index (χ0v) is 20.7. The van der Waals surface area contributed by atoms with Crippen LogP contribution in [0.25, 0.3) is 0 Å². The number of halogens is 1. The molecule has 2 aromatic rings. The maximum atomic E-state index is 14.4. The predicted octanol–water partition coefficient (Wildman–Crippen LogP) is 2.80. The first-order valence-electron chi connectivity index (χ1n) is 11.7. The van der Waals surface area contributed by atoms with Crippen LogP contribution in [-0.2, 0) is 25.7 Å². The Bertz CT molecular complexity index is 1310. The highest BCUT2D eigenvalue weighted by atomic mass is 35.5. The van der Waals surface area contributed by atoms with Crippen molar-refractivity contribution in [3.63, 3.8) is 0 Å². The molecule has 5 atom stereocenters. The maximum absolute atomic E-state index is 14.4. The fourth-order valence-corrected chi connectivity index (χ4v) is 5.98. The molecule has 2 saturated heterocycles. The number of rotatable bonds is 8. The molecular formula is C27H25ClN2O7. The van der Waals surface area contributed by atoms with Gasteiger partial charge in [0.25, 0.3) is 5.91 Å². The summed E-state index contributed by atoms with van der Waals surface area (Å²) in [5.41, 5.74) is -0.540. The molecule has 37 heavy (non-hydrogen) atoms. The van der Waals surface area contributed by atoms with Crippen LogP contribution < -0.4 is 14.5 Å². The highest BCUT2D eigenvalue weighted by Gasteiger charge is 2.74. The Balaban J connectivity index is 1.69. The van der Waals surface area contributed by atoms with Gasteiger partial charge in [0.2, 0.25) is 5.91 Å². The number of hydrogen-bond acceptors (Lipinski definition) is 6. The maximum Gasteiger partial charge on any atom is 0.310 e. The average Bonchev–Trinajstić information content (AvgIpc) is 3.54. The molecule has 0 aliphatic carbocycles. The molecule has 0 saturated carbocycles. The van der Waals surface area contributed by atoms with Gasteiger partial charge in [-0.3, -0.25) is 19.3 Å². The number of carbonyl (C=O) groups is 3. The van der Waals surface area contributed by atoms with Crippen LogP contribution in [0.3, 0.4) is 0 Å². The minimum atomic E-state index is -1.53. The van der Waals surface area contributed by atoms with E-state index >= 15 is 0 Å². The minimum Gasteiger partial charge on any atom is -0.497 e. The van der Waals surface area contributed by atoms with Crippen molar-refractivity contribution in [3.8, 4) is 5.75 Å². The van der Waals surface area contributed by atoms with E-state index in [-0.39, 0.29) is 17.3 Å². The Kier molecular flexibility index (Phi) is 6.31. The third-order valence-electron chi connectivity index (χ3n) is 7.24. The van der Waals surface area contributed by atoms with Gasteiger partial charge in [0, 0.05) is 17.8 Å². The van der Waals surface area contributed by atoms with Gasteiger partial charge in [-0.05, 0) is 30.3 Å². The molecular weight excluding hydrogens is 500 g/mol. The molecule has 2 fully saturated rings. The Hall–Kier alpha value is -3.66. The number of benzene rings is 2. The highest BCUT2D eigenvalue weighted by Crippen LogP contribution is 2.57. The fourth-order valence-electron chi connectivity index (χ4n) is 5.70. The van der Waals surface area contributed by atoms with Crippen molar-refractivity contribution in [2.45, 2.75) is 24.4 Å². The second-order valence-corrected chi connectivity index (χ2v) is 9.50. The first kappa shape index (κ1) is 25.0. The van der Waals surface area contributed by atoms with E-state index in [9.17, 15) is 24.6 Å². The van der Waals surface area contributed by atoms with Gasteiger partial charge in [0.1, 0.15) is 23.3 Å². The molecule has 10 heteroatoms. The number of methoxy groups -OCH3 is 1. The van der Waals surface area contributed by atoms with E-state index in [0.717, 1.165) is 0 Å². The summed E-state index contributed by atoms with van der Waals surface area (Å²) < 4.78 is 11.4. The van der Waals surface area contributed by atoms with Crippen LogP contribution >= 0.6 is 11.6 Å². The van der Waals surface area contributed by atoms with Crippen molar-refractivity contribution >= 4 is 40.8 Å². The first-order valence-corrected chi connectivity index (χ1v) is 12.0. The van der Waals surface area contributed by atoms with Crippen molar-refractivity contribution in [2.75, 3.05) is 23.5 Å². The summed E-state index contributed by atoms with van der Waals surface area (Å²) in [6, 6.07) is 10.3. The van der Waals surface area contributed by atoms with Crippen LogP contribution in [-0.4, -0.2) is 59.4 Å². The summed E-state index contributed by atoms with van der Waals surface area (Å²) in [4.78, 5) is 43.3. The fraction of sp³-hybridized carbons (Fsp3) is 0.296. The number of hydrogen-bond donors (Lipinski definition) is 2. The minimum absolute atomic E-state index is 0.106. The molecule has 5 rings (SSSR count). The lowest BCUT2D eigenvalue weighted by molar-refractivity contribution is -0.146.